The zero-order chi connectivity index (χ0) is 12.1. The average molecular weight is 232 g/mol. The summed E-state index contributed by atoms with van der Waals surface area (Å²) >= 11 is 0. The van der Waals surface area contributed by atoms with E-state index in [4.69, 9.17) is 0 Å². The SMILES string of the molecule is CC(CC1CCCCC1)C(O)c1ccccc1. The maximum absolute atomic E-state index is 10.3. The molecule has 1 fully saturated rings. The zero-order valence-corrected chi connectivity index (χ0v) is 10.8. The van der Waals surface area contributed by atoms with Crippen molar-refractivity contribution >= 4 is 0 Å². The molecule has 2 atom stereocenters. The van der Waals surface area contributed by atoms with Crippen LogP contribution in [0.1, 0.15) is 57.1 Å². The fourth-order valence-electron chi connectivity index (χ4n) is 3.06. The Morgan fingerprint density at radius 3 is 2.41 bits per heavy atom. The number of aliphatic hydroxyl groups is 1. The van der Waals surface area contributed by atoms with E-state index < -0.39 is 0 Å². The number of aliphatic hydroxyl groups excluding tert-OH is 1. The zero-order valence-electron chi connectivity index (χ0n) is 10.8. The molecule has 1 aromatic rings. The largest absolute Gasteiger partial charge is 0.388 e. The van der Waals surface area contributed by atoms with Crippen LogP contribution < -0.4 is 0 Å². The second kappa shape index (κ2) is 6.20. The van der Waals surface area contributed by atoms with Crippen molar-refractivity contribution in [3.63, 3.8) is 0 Å². The lowest BCUT2D eigenvalue weighted by Crippen LogP contribution is -2.16. The molecule has 1 aromatic carbocycles. The monoisotopic (exact) mass is 232 g/mol. The van der Waals surface area contributed by atoms with Gasteiger partial charge in [0.2, 0.25) is 0 Å². The average Bonchev–Trinajstić information content (AvgIpc) is 2.40. The van der Waals surface area contributed by atoms with E-state index in [-0.39, 0.29) is 6.10 Å². The van der Waals surface area contributed by atoms with Crippen LogP contribution in [-0.2, 0) is 0 Å². The molecule has 0 saturated heterocycles. The van der Waals surface area contributed by atoms with E-state index in [2.05, 4.69) is 6.92 Å². The molecule has 0 radical (unpaired) electrons. The summed E-state index contributed by atoms with van der Waals surface area (Å²) in [6.45, 7) is 2.19. The second-order valence-electron chi connectivity index (χ2n) is 5.57. The molecule has 2 unspecified atom stereocenters. The second-order valence-corrected chi connectivity index (χ2v) is 5.57. The van der Waals surface area contributed by atoms with Gasteiger partial charge < -0.3 is 5.11 Å². The van der Waals surface area contributed by atoms with Crippen molar-refractivity contribution in [3.05, 3.63) is 35.9 Å². The van der Waals surface area contributed by atoms with Crippen molar-refractivity contribution in [2.75, 3.05) is 0 Å². The third-order valence-electron chi connectivity index (χ3n) is 4.11. The fourth-order valence-corrected chi connectivity index (χ4v) is 3.06. The Hall–Kier alpha value is -0.820. The van der Waals surface area contributed by atoms with Crippen LogP contribution in [0.2, 0.25) is 0 Å². The van der Waals surface area contributed by atoms with E-state index in [1.165, 1.54) is 38.5 Å². The molecule has 0 aliphatic heterocycles. The summed E-state index contributed by atoms with van der Waals surface area (Å²) in [6.07, 6.45) is 7.80. The minimum absolute atomic E-state index is 0.293. The predicted molar refractivity (Wildman–Crippen MR) is 71.8 cm³/mol. The third-order valence-corrected chi connectivity index (χ3v) is 4.11. The first kappa shape index (κ1) is 12.6. The molecular formula is C16H24O. The highest BCUT2D eigenvalue weighted by atomic mass is 16.3. The van der Waals surface area contributed by atoms with Gasteiger partial charge >= 0.3 is 0 Å². The lowest BCUT2D eigenvalue weighted by atomic mass is 9.81. The molecule has 0 amide bonds. The molecule has 1 N–H and O–H groups in total. The van der Waals surface area contributed by atoms with E-state index in [1.807, 2.05) is 30.3 Å². The first-order valence-corrected chi connectivity index (χ1v) is 7.00. The number of rotatable bonds is 4. The first-order valence-electron chi connectivity index (χ1n) is 7.00. The van der Waals surface area contributed by atoms with Gasteiger partial charge in [0.05, 0.1) is 6.10 Å². The molecule has 0 heterocycles. The Morgan fingerprint density at radius 2 is 1.76 bits per heavy atom. The van der Waals surface area contributed by atoms with E-state index in [0.717, 1.165) is 11.5 Å². The van der Waals surface area contributed by atoms with E-state index in [9.17, 15) is 5.11 Å². The van der Waals surface area contributed by atoms with E-state index >= 15 is 0 Å². The summed E-state index contributed by atoms with van der Waals surface area (Å²) in [7, 11) is 0. The Labute approximate surface area is 105 Å². The summed E-state index contributed by atoms with van der Waals surface area (Å²) in [4.78, 5) is 0. The van der Waals surface area contributed by atoms with Crippen LogP contribution in [-0.4, -0.2) is 5.11 Å². The lowest BCUT2D eigenvalue weighted by Gasteiger charge is -2.27. The third kappa shape index (κ3) is 3.57. The Kier molecular flexibility index (Phi) is 4.61. The summed E-state index contributed by atoms with van der Waals surface area (Å²) in [5.41, 5.74) is 1.07. The molecule has 1 aliphatic rings. The quantitative estimate of drug-likeness (QED) is 0.819. The molecule has 94 valence electrons. The van der Waals surface area contributed by atoms with Gasteiger partial charge in [-0.15, -0.1) is 0 Å². The minimum atomic E-state index is -0.293. The van der Waals surface area contributed by atoms with Crippen LogP contribution in [0.5, 0.6) is 0 Å². The van der Waals surface area contributed by atoms with Gasteiger partial charge in [-0.3, -0.25) is 0 Å². The number of hydrogen-bond donors (Lipinski definition) is 1. The smallest absolute Gasteiger partial charge is 0.0815 e. The van der Waals surface area contributed by atoms with Crippen molar-refractivity contribution in [1.82, 2.24) is 0 Å². The Bertz CT molecular complexity index is 314. The molecule has 0 spiro atoms. The molecule has 1 saturated carbocycles. The van der Waals surface area contributed by atoms with E-state index in [0.29, 0.717) is 5.92 Å². The maximum Gasteiger partial charge on any atom is 0.0815 e. The summed E-state index contributed by atoms with van der Waals surface area (Å²) < 4.78 is 0. The van der Waals surface area contributed by atoms with Crippen molar-refractivity contribution in [2.24, 2.45) is 11.8 Å². The first-order chi connectivity index (χ1) is 8.27. The van der Waals surface area contributed by atoms with Gasteiger partial charge in [0.25, 0.3) is 0 Å². The summed E-state index contributed by atoms with van der Waals surface area (Å²) in [6, 6.07) is 10.1. The highest BCUT2D eigenvalue weighted by Gasteiger charge is 2.21. The molecule has 0 bridgehead atoms. The topological polar surface area (TPSA) is 20.2 Å². The van der Waals surface area contributed by atoms with Gasteiger partial charge in [-0.2, -0.15) is 0 Å². The van der Waals surface area contributed by atoms with Crippen molar-refractivity contribution < 1.29 is 5.11 Å². The van der Waals surface area contributed by atoms with Crippen LogP contribution >= 0.6 is 0 Å². The molecule has 1 heteroatoms. The van der Waals surface area contributed by atoms with Crippen molar-refractivity contribution in [1.29, 1.82) is 0 Å². The van der Waals surface area contributed by atoms with Crippen LogP contribution in [0.15, 0.2) is 30.3 Å². The molecule has 2 rings (SSSR count). The van der Waals surface area contributed by atoms with Gasteiger partial charge in [-0.25, -0.2) is 0 Å². The molecule has 17 heavy (non-hydrogen) atoms. The van der Waals surface area contributed by atoms with Gasteiger partial charge in [0, 0.05) is 0 Å². The van der Waals surface area contributed by atoms with Crippen molar-refractivity contribution in [3.8, 4) is 0 Å². The van der Waals surface area contributed by atoms with Crippen molar-refractivity contribution in [2.45, 2.75) is 51.6 Å². The number of hydrogen-bond acceptors (Lipinski definition) is 1. The standard InChI is InChI=1S/C16H24O/c1-13(12-14-8-4-2-5-9-14)16(17)15-10-6-3-7-11-15/h3,6-7,10-11,13-14,16-17H,2,4-5,8-9,12H2,1H3. The Balaban J connectivity index is 1.88. The van der Waals surface area contributed by atoms with Crippen LogP contribution in [0, 0.1) is 11.8 Å². The highest BCUT2D eigenvalue weighted by Crippen LogP contribution is 2.33. The van der Waals surface area contributed by atoms with Crippen LogP contribution in [0.3, 0.4) is 0 Å². The Morgan fingerprint density at radius 1 is 1.12 bits per heavy atom. The van der Waals surface area contributed by atoms with Gasteiger partial charge in [0.15, 0.2) is 0 Å². The predicted octanol–water partition coefficient (Wildman–Crippen LogP) is 4.33. The molecular weight excluding hydrogens is 208 g/mol. The minimum Gasteiger partial charge on any atom is -0.388 e. The van der Waals surface area contributed by atoms with Gasteiger partial charge in [-0.05, 0) is 23.8 Å². The van der Waals surface area contributed by atoms with Gasteiger partial charge in [-0.1, -0.05) is 69.4 Å². The van der Waals surface area contributed by atoms with Crippen LogP contribution in [0.25, 0.3) is 0 Å². The van der Waals surface area contributed by atoms with Crippen LogP contribution in [0.4, 0.5) is 0 Å². The summed E-state index contributed by atoms with van der Waals surface area (Å²) in [5.74, 6) is 1.22. The number of benzene rings is 1. The highest BCUT2D eigenvalue weighted by molar-refractivity contribution is 5.17. The summed E-state index contributed by atoms with van der Waals surface area (Å²) in [5, 5.41) is 10.3. The lowest BCUT2D eigenvalue weighted by molar-refractivity contribution is 0.0967. The maximum atomic E-state index is 10.3. The molecule has 1 nitrogen and oxygen atoms in total. The normalized spacial score (nSPS) is 21.1. The molecule has 1 aliphatic carbocycles. The van der Waals surface area contributed by atoms with Gasteiger partial charge in [0.1, 0.15) is 0 Å². The molecule has 0 aromatic heterocycles. The van der Waals surface area contributed by atoms with E-state index in [1.54, 1.807) is 0 Å². The fraction of sp³-hybridized carbons (Fsp3) is 0.625.